The van der Waals surface area contributed by atoms with E-state index < -0.39 is 15.9 Å². The van der Waals surface area contributed by atoms with Gasteiger partial charge in [0, 0.05) is 18.2 Å². The van der Waals surface area contributed by atoms with Crippen LogP contribution in [0, 0.1) is 0 Å². The molecule has 1 amide bonds. The topological polar surface area (TPSA) is 82.1 Å². The van der Waals surface area contributed by atoms with E-state index in [2.05, 4.69) is 32.9 Å². The van der Waals surface area contributed by atoms with Gasteiger partial charge in [0.2, 0.25) is 5.75 Å². The van der Waals surface area contributed by atoms with Gasteiger partial charge in [-0.2, -0.15) is 0 Å². The average Bonchev–Trinajstić information content (AvgIpc) is 3.14. The summed E-state index contributed by atoms with van der Waals surface area (Å²) in [7, 11) is 1.30. The van der Waals surface area contributed by atoms with Crippen LogP contribution in [-0.4, -0.2) is 58.1 Å². The minimum Gasteiger partial charge on any atom is -0.493 e. The molecule has 33 heavy (non-hydrogen) atoms. The van der Waals surface area contributed by atoms with Gasteiger partial charge in [-0.25, -0.2) is 8.42 Å². The zero-order valence-electron chi connectivity index (χ0n) is 20.2. The van der Waals surface area contributed by atoms with Gasteiger partial charge in [-0.1, -0.05) is 45.0 Å². The number of methoxy groups -OCH3 is 3. The third-order valence-electron chi connectivity index (χ3n) is 5.99. The quantitative estimate of drug-likeness (QED) is 0.605. The maximum Gasteiger partial charge on any atom is 0.254 e. The van der Waals surface area contributed by atoms with Gasteiger partial charge in [-0.3, -0.25) is 4.79 Å². The highest BCUT2D eigenvalue weighted by Crippen LogP contribution is 2.39. The molecule has 2 aromatic rings. The minimum absolute atomic E-state index is 0.0176. The number of hydrogen-bond acceptors (Lipinski definition) is 6. The Labute approximate surface area is 196 Å². The van der Waals surface area contributed by atoms with Crippen molar-refractivity contribution in [3.05, 3.63) is 53.1 Å². The smallest absolute Gasteiger partial charge is 0.254 e. The first-order chi connectivity index (χ1) is 15.5. The van der Waals surface area contributed by atoms with Crippen LogP contribution < -0.4 is 14.2 Å². The molecular formula is C25H33NO6S. The lowest BCUT2D eigenvalue weighted by atomic mass is 9.86. The van der Waals surface area contributed by atoms with Crippen molar-refractivity contribution in [1.29, 1.82) is 0 Å². The maximum atomic E-state index is 13.7. The van der Waals surface area contributed by atoms with Crippen molar-refractivity contribution in [3.8, 4) is 17.2 Å². The van der Waals surface area contributed by atoms with E-state index in [9.17, 15) is 13.2 Å². The molecule has 0 unspecified atom stereocenters. The minimum atomic E-state index is -3.17. The molecule has 0 N–H and O–H groups in total. The number of benzene rings is 2. The Morgan fingerprint density at radius 2 is 1.58 bits per heavy atom. The lowest BCUT2D eigenvalue weighted by Crippen LogP contribution is -2.40. The zero-order valence-corrected chi connectivity index (χ0v) is 21.0. The summed E-state index contributed by atoms with van der Waals surface area (Å²) in [6.07, 6.45) is 0.415. The highest BCUT2D eigenvalue weighted by molar-refractivity contribution is 7.91. The van der Waals surface area contributed by atoms with E-state index in [1.807, 2.05) is 12.1 Å². The Kier molecular flexibility index (Phi) is 7.26. The molecule has 1 atom stereocenters. The Hall–Kier alpha value is -2.74. The maximum absolute atomic E-state index is 13.7. The van der Waals surface area contributed by atoms with Crippen LogP contribution in [-0.2, 0) is 21.8 Å². The van der Waals surface area contributed by atoms with Gasteiger partial charge < -0.3 is 19.1 Å². The van der Waals surface area contributed by atoms with E-state index in [-0.39, 0.29) is 22.8 Å². The molecule has 1 heterocycles. The summed E-state index contributed by atoms with van der Waals surface area (Å²) in [5.74, 6) is 0.895. The van der Waals surface area contributed by atoms with Crippen molar-refractivity contribution in [2.75, 3.05) is 32.8 Å². The van der Waals surface area contributed by atoms with Crippen LogP contribution in [0.3, 0.4) is 0 Å². The fraction of sp³-hybridized carbons (Fsp3) is 0.480. The predicted molar refractivity (Wildman–Crippen MR) is 128 cm³/mol. The number of amides is 1. The Morgan fingerprint density at radius 1 is 1.00 bits per heavy atom. The molecule has 0 aliphatic carbocycles. The van der Waals surface area contributed by atoms with Crippen molar-refractivity contribution in [3.63, 3.8) is 0 Å². The monoisotopic (exact) mass is 475 g/mol. The van der Waals surface area contributed by atoms with E-state index in [4.69, 9.17) is 14.2 Å². The van der Waals surface area contributed by atoms with E-state index in [1.54, 1.807) is 17.0 Å². The molecule has 0 saturated carbocycles. The largest absolute Gasteiger partial charge is 0.493 e. The third-order valence-corrected chi connectivity index (χ3v) is 7.74. The molecule has 1 fully saturated rings. The number of rotatable bonds is 7. The number of hydrogen-bond donors (Lipinski definition) is 0. The number of carbonyl (C=O) groups excluding carboxylic acids is 1. The first kappa shape index (κ1) is 24.9. The normalized spacial score (nSPS) is 17.5. The van der Waals surface area contributed by atoms with Gasteiger partial charge in [0.05, 0.1) is 32.8 Å². The van der Waals surface area contributed by atoms with Crippen molar-refractivity contribution < 1.29 is 27.4 Å². The van der Waals surface area contributed by atoms with Crippen LogP contribution in [0.5, 0.6) is 17.2 Å². The Balaban J connectivity index is 1.99. The Morgan fingerprint density at radius 3 is 2.00 bits per heavy atom. The third kappa shape index (κ3) is 5.61. The summed E-state index contributed by atoms with van der Waals surface area (Å²) in [5.41, 5.74) is 2.49. The summed E-state index contributed by atoms with van der Waals surface area (Å²) < 4.78 is 40.6. The lowest BCUT2D eigenvalue weighted by Gasteiger charge is -2.29. The lowest BCUT2D eigenvalue weighted by molar-refractivity contribution is 0.0680. The van der Waals surface area contributed by atoms with Gasteiger partial charge in [-0.05, 0) is 35.1 Å². The standard InChI is InChI=1S/C25H33NO6S/c1-25(2,3)19-9-7-17(8-10-19)15-26(20-11-12-33(28,29)16-20)24(27)18-13-21(30-4)23(32-6)22(14-18)31-5/h7-10,13-14,20H,11-12,15-16H2,1-6H3/t20-/m0/s1. The molecule has 0 spiro atoms. The molecule has 7 nitrogen and oxygen atoms in total. The molecule has 0 aromatic heterocycles. The first-order valence-corrected chi connectivity index (χ1v) is 12.7. The number of ether oxygens (including phenoxy) is 3. The van der Waals surface area contributed by atoms with Gasteiger partial charge in [0.15, 0.2) is 21.3 Å². The van der Waals surface area contributed by atoms with E-state index in [1.165, 1.54) is 26.9 Å². The highest BCUT2D eigenvalue weighted by atomic mass is 32.2. The van der Waals surface area contributed by atoms with Crippen LogP contribution in [0.4, 0.5) is 0 Å². The number of carbonyl (C=O) groups is 1. The molecule has 8 heteroatoms. The van der Waals surface area contributed by atoms with Crippen LogP contribution in [0.25, 0.3) is 0 Å². The van der Waals surface area contributed by atoms with E-state index in [0.29, 0.717) is 35.8 Å². The molecule has 180 valence electrons. The fourth-order valence-corrected chi connectivity index (χ4v) is 5.80. The molecule has 3 rings (SSSR count). The van der Waals surface area contributed by atoms with Crippen molar-refractivity contribution in [1.82, 2.24) is 4.90 Å². The second-order valence-electron chi connectivity index (χ2n) is 9.35. The summed E-state index contributed by atoms with van der Waals surface area (Å²) in [5, 5.41) is 0. The van der Waals surface area contributed by atoms with Gasteiger partial charge in [-0.15, -0.1) is 0 Å². The first-order valence-electron chi connectivity index (χ1n) is 10.9. The Bertz CT molecular complexity index is 1080. The average molecular weight is 476 g/mol. The zero-order chi connectivity index (χ0) is 24.4. The molecular weight excluding hydrogens is 442 g/mol. The van der Waals surface area contributed by atoms with Gasteiger partial charge >= 0.3 is 0 Å². The van der Waals surface area contributed by atoms with Crippen molar-refractivity contribution >= 4 is 15.7 Å². The summed E-state index contributed by atoms with van der Waals surface area (Å²) >= 11 is 0. The molecule has 1 saturated heterocycles. The SMILES string of the molecule is COc1cc(C(=O)N(Cc2ccc(C(C)(C)C)cc2)[C@H]2CCS(=O)(=O)C2)cc(OC)c1OC. The molecule has 1 aliphatic rings. The van der Waals surface area contributed by atoms with Gasteiger partial charge in [0.1, 0.15) is 0 Å². The summed E-state index contributed by atoms with van der Waals surface area (Å²) in [4.78, 5) is 15.3. The molecule has 1 aliphatic heterocycles. The van der Waals surface area contributed by atoms with Crippen molar-refractivity contribution in [2.45, 2.75) is 45.2 Å². The van der Waals surface area contributed by atoms with Crippen LogP contribution in [0.1, 0.15) is 48.7 Å². The second kappa shape index (κ2) is 9.63. The molecule has 2 aromatic carbocycles. The fourth-order valence-electron chi connectivity index (χ4n) is 4.07. The highest BCUT2D eigenvalue weighted by Gasteiger charge is 2.35. The summed E-state index contributed by atoms with van der Waals surface area (Å²) in [6.45, 7) is 6.74. The predicted octanol–water partition coefficient (Wildman–Crippen LogP) is 3.84. The van der Waals surface area contributed by atoms with Crippen molar-refractivity contribution in [2.24, 2.45) is 0 Å². The second-order valence-corrected chi connectivity index (χ2v) is 11.6. The number of sulfone groups is 1. The molecule has 0 bridgehead atoms. The number of nitrogens with zero attached hydrogens (tertiary/aromatic N) is 1. The van der Waals surface area contributed by atoms with E-state index in [0.717, 1.165) is 5.56 Å². The van der Waals surface area contributed by atoms with Crippen LogP contribution in [0.15, 0.2) is 36.4 Å². The van der Waals surface area contributed by atoms with Gasteiger partial charge in [0.25, 0.3) is 5.91 Å². The summed E-state index contributed by atoms with van der Waals surface area (Å²) in [6, 6.07) is 10.9. The molecule has 0 radical (unpaired) electrons. The van der Waals surface area contributed by atoms with Crippen LogP contribution >= 0.6 is 0 Å². The van der Waals surface area contributed by atoms with E-state index >= 15 is 0 Å². The van der Waals surface area contributed by atoms with Crippen LogP contribution in [0.2, 0.25) is 0 Å².